The molecule has 0 bridgehead atoms. The van der Waals surface area contributed by atoms with Crippen molar-refractivity contribution in [3.05, 3.63) is 0 Å². The van der Waals surface area contributed by atoms with Gasteiger partial charge in [-0.15, -0.1) is 0 Å². The van der Waals surface area contributed by atoms with Crippen molar-refractivity contribution < 1.29 is 4.79 Å². The summed E-state index contributed by atoms with van der Waals surface area (Å²) in [6.45, 7) is 5.06. The molecule has 3 nitrogen and oxygen atoms in total. The van der Waals surface area contributed by atoms with Crippen LogP contribution in [0.5, 0.6) is 0 Å². The smallest absolute Gasteiger partial charge is 0.225 e. The van der Waals surface area contributed by atoms with Crippen LogP contribution in [0.25, 0.3) is 0 Å². The normalized spacial score (nSPS) is 20.2. The van der Waals surface area contributed by atoms with Gasteiger partial charge in [0, 0.05) is 20.1 Å². The molecule has 0 aromatic heterocycles. The lowest BCUT2D eigenvalue weighted by Gasteiger charge is -2.36. The van der Waals surface area contributed by atoms with Crippen LogP contribution in [0.1, 0.15) is 6.92 Å². The summed E-state index contributed by atoms with van der Waals surface area (Å²) in [5.41, 5.74) is 0. The maximum atomic E-state index is 10.9. The lowest BCUT2D eigenvalue weighted by molar-refractivity contribution is -0.129. The van der Waals surface area contributed by atoms with E-state index in [-0.39, 0.29) is 11.8 Å². The molecule has 0 saturated carbocycles. The second kappa shape index (κ2) is 3.01. The maximum absolute atomic E-state index is 10.9. The van der Waals surface area contributed by atoms with Crippen molar-refractivity contribution in [1.29, 1.82) is 0 Å². The van der Waals surface area contributed by atoms with Crippen molar-refractivity contribution in [2.24, 2.45) is 5.92 Å². The van der Waals surface area contributed by atoms with Gasteiger partial charge < -0.3 is 10.2 Å². The van der Waals surface area contributed by atoms with Gasteiger partial charge >= 0.3 is 0 Å². The van der Waals surface area contributed by atoms with Crippen LogP contribution in [-0.4, -0.2) is 37.5 Å². The van der Waals surface area contributed by atoms with E-state index in [0.717, 1.165) is 19.6 Å². The summed E-state index contributed by atoms with van der Waals surface area (Å²) in [7, 11) is 1.69. The second-order valence-corrected chi connectivity index (χ2v) is 2.66. The van der Waals surface area contributed by atoms with Crippen molar-refractivity contribution in [1.82, 2.24) is 10.2 Å². The zero-order chi connectivity index (χ0) is 7.56. The van der Waals surface area contributed by atoms with Gasteiger partial charge in [-0.3, -0.25) is 4.79 Å². The summed E-state index contributed by atoms with van der Waals surface area (Å²) in [6.07, 6.45) is 0. The van der Waals surface area contributed by atoms with Gasteiger partial charge in [-0.1, -0.05) is 6.92 Å². The van der Waals surface area contributed by atoms with E-state index >= 15 is 0 Å². The van der Waals surface area contributed by atoms with Crippen LogP contribution in [0.4, 0.5) is 0 Å². The van der Waals surface area contributed by atoms with E-state index < -0.39 is 0 Å². The molecular weight excluding hydrogens is 128 g/mol. The Morgan fingerprint density at radius 3 is 2.70 bits per heavy atom. The molecule has 1 saturated heterocycles. The fourth-order valence-corrected chi connectivity index (χ4v) is 1.20. The number of hydrogen-bond acceptors (Lipinski definition) is 2. The Labute approximate surface area is 61.4 Å². The topological polar surface area (TPSA) is 32.3 Å². The van der Waals surface area contributed by atoms with Crippen molar-refractivity contribution in [2.45, 2.75) is 6.92 Å². The number of amides is 1. The highest BCUT2D eigenvalue weighted by Gasteiger charge is 2.30. The van der Waals surface area contributed by atoms with Gasteiger partial charge in [0.1, 0.15) is 0 Å². The summed E-state index contributed by atoms with van der Waals surface area (Å²) in [5.74, 6) is 0.439. The first-order valence-corrected chi connectivity index (χ1v) is 3.72. The molecule has 1 fully saturated rings. The molecule has 10 heavy (non-hydrogen) atoms. The predicted molar refractivity (Wildman–Crippen MR) is 39.7 cm³/mol. The molecular formula is C7H14N2O. The molecule has 1 amide bonds. The first kappa shape index (κ1) is 7.54. The van der Waals surface area contributed by atoms with E-state index in [0.29, 0.717) is 0 Å². The Kier molecular flexibility index (Phi) is 2.27. The predicted octanol–water partition coefficient (Wildman–Crippen LogP) is -0.316. The highest BCUT2D eigenvalue weighted by Crippen LogP contribution is 2.13. The van der Waals surface area contributed by atoms with Crippen molar-refractivity contribution in [2.75, 3.05) is 26.7 Å². The first-order valence-electron chi connectivity index (χ1n) is 3.72. The third kappa shape index (κ3) is 1.29. The fraction of sp³-hybridized carbons (Fsp3) is 0.857. The Morgan fingerprint density at radius 2 is 2.30 bits per heavy atom. The lowest BCUT2D eigenvalue weighted by atomic mass is 10.00. The number of carbonyl (C=O) groups excluding carboxylic acids is 1. The van der Waals surface area contributed by atoms with E-state index in [2.05, 4.69) is 17.1 Å². The number of nitrogens with zero attached hydrogens (tertiary/aromatic N) is 1. The number of rotatable bonds is 2. The van der Waals surface area contributed by atoms with Gasteiger partial charge in [0.2, 0.25) is 5.91 Å². The summed E-state index contributed by atoms with van der Waals surface area (Å²) >= 11 is 0. The van der Waals surface area contributed by atoms with Crippen LogP contribution in [0.3, 0.4) is 0 Å². The molecule has 1 aliphatic heterocycles. The minimum atomic E-state index is 0.185. The first-order chi connectivity index (χ1) is 4.77. The Balaban J connectivity index is 2.19. The molecule has 0 aliphatic carbocycles. The molecule has 1 heterocycles. The highest BCUT2D eigenvalue weighted by molar-refractivity contribution is 5.79. The quantitative estimate of drug-likeness (QED) is 0.573. The molecule has 0 aromatic carbocycles. The lowest BCUT2D eigenvalue weighted by Crippen LogP contribution is -2.52. The molecule has 0 aromatic rings. The number of carbonyl (C=O) groups is 1. The number of likely N-dealkylation sites (tertiary alicyclic amines) is 1. The number of hydrogen-bond donors (Lipinski definition) is 1. The van der Waals surface area contributed by atoms with E-state index in [4.69, 9.17) is 0 Å². The second-order valence-electron chi connectivity index (χ2n) is 2.66. The van der Waals surface area contributed by atoms with Crippen LogP contribution in [0.2, 0.25) is 0 Å². The number of nitrogens with one attached hydrogen (secondary N) is 1. The fourth-order valence-electron chi connectivity index (χ4n) is 1.20. The van der Waals surface area contributed by atoms with Crippen LogP contribution >= 0.6 is 0 Å². The molecule has 0 radical (unpaired) electrons. The van der Waals surface area contributed by atoms with E-state index in [1.807, 2.05) is 0 Å². The molecule has 1 aliphatic rings. The minimum Gasteiger partial charge on any atom is -0.359 e. The standard InChI is InChI=1S/C7H14N2O/c1-3-9-4-6(5-9)7(10)8-2/h6H,3-5H2,1-2H3,(H,8,10). The van der Waals surface area contributed by atoms with E-state index in [1.54, 1.807) is 7.05 Å². The third-order valence-electron chi connectivity index (χ3n) is 2.02. The van der Waals surface area contributed by atoms with Crippen molar-refractivity contribution in [3.63, 3.8) is 0 Å². The third-order valence-corrected chi connectivity index (χ3v) is 2.02. The average Bonchev–Trinajstić information content (AvgIpc) is 1.85. The van der Waals surface area contributed by atoms with Gasteiger partial charge in [0.25, 0.3) is 0 Å². The average molecular weight is 142 g/mol. The summed E-state index contributed by atoms with van der Waals surface area (Å²) in [4.78, 5) is 13.2. The molecule has 0 unspecified atom stereocenters. The maximum Gasteiger partial charge on any atom is 0.225 e. The molecule has 0 atom stereocenters. The van der Waals surface area contributed by atoms with Gasteiger partial charge in [-0.05, 0) is 6.54 Å². The van der Waals surface area contributed by atoms with Gasteiger partial charge in [-0.2, -0.15) is 0 Å². The zero-order valence-electron chi connectivity index (χ0n) is 6.55. The SMILES string of the molecule is CCN1CC(C(=O)NC)C1. The Hall–Kier alpha value is -0.570. The molecule has 0 spiro atoms. The van der Waals surface area contributed by atoms with E-state index in [1.165, 1.54) is 0 Å². The van der Waals surface area contributed by atoms with Crippen molar-refractivity contribution in [3.8, 4) is 0 Å². The van der Waals surface area contributed by atoms with Crippen LogP contribution < -0.4 is 5.32 Å². The molecule has 1 N–H and O–H groups in total. The van der Waals surface area contributed by atoms with Crippen LogP contribution in [0, 0.1) is 5.92 Å². The summed E-state index contributed by atoms with van der Waals surface area (Å²) < 4.78 is 0. The van der Waals surface area contributed by atoms with Gasteiger partial charge in [0.15, 0.2) is 0 Å². The Morgan fingerprint density at radius 1 is 1.70 bits per heavy atom. The molecule has 3 heteroatoms. The zero-order valence-corrected chi connectivity index (χ0v) is 6.55. The van der Waals surface area contributed by atoms with Crippen molar-refractivity contribution >= 4 is 5.91 Å². The minimum absolute atomic E-state index is 0.185. The Bertz CT molecular complexity index is 130. The van der Waals surface area contributed by atoms with E-state index in [9.17, 15) is 4.79 Å². The monoisotopic (exact) mass is 142 g/mol. The summed E-state index contributed by atoms with van der Waals surface area (Å²) in [6, 6.07) is 0. The largest absolute Gasteiger partial charge is 0.359 e. The molecule has 58 valence electrons. The van der Waals surface area contributed by atoms with Gasteiger partial charge in [0.05, 0.1) is 5.92 Å². The summed E-state index contributed by atoms with van der Waals surface area (Å²) in [5, 5.41) is 2.65. The van der Waals surface area contributed by atoms with Crippen LogP contribution in [0.15, 0.2) is 0 Å². The molecule has 1 rings (SSSR count). The van der Waals surface area contributed by atoms with Crippen LogP contribution in [-0.2, 0) is 4.79 Å². The highest BCUT2D eigenvalue weighted by atomic mass is 16.1. The van der Waals surface area contributed by atoms with Gasteiger partial charge in [-0.25, -0.2) is 0 Å².